The Labute approximate surface area is 109 Å². The average molecular weight is 258 g/mol. The second-order valence-corrected chi connectivity index (χ2v) is 3.76. The highest BCUT2D eigenvalue weighted by atomic mass is 19.1. The van der Waals surface area contributed by atoms with E-state index in [1.54, 1.807) is 6.92 Å². The molecule has 1 aromatic heterocycles. The SMILES string of the molecule is CCc1ncnc(Oc2ccc(C#N)cc2N)c1F. The topological polar surface area (TPSA) is 84.8 Å². The normalized spacial score (nSPS) is 9.95. The molecule has 0 unspecified atom stereocenters. The first kappa shape index (κ1) is 12.8. The first-order valence-corrected chi connectivity index (χ1v) is 5.62. The number of halogens is 1. The molecule has 1 aromatic carbocycles. The van der Waals surface area contributed by atoms with Crippen LogP contribution in [0.25, 0.3) is 0 Å². The Morgan fingerprint density at radius 2 is 2.21 bits per heavy atom. The lowest BCUT2D eigenvalue weighted by Gasteiger charge is -2.09. The highest BCUT2D eigenvalue weighted by Crippen LogP contribution is 2.28. The Kier molecular flexibility index (Phi) is 3.57. The highest BCUT2D eigenvalue weighted by Gasteiger charge is 2.13. The number of nitrogen functional groups attached to an aromatic ring is 1. The van der Waals surface area contributed by atoms with E-state index in [2.05, 4.69) is 9.97 Å². The van der Waals surface area contributed by atoms with E-state index in [1.807, 2.05) is 6.07 Å². The maximum Gasteiger partial charge on any atom is 0.259 e. The van der Waals surface area contributed by atoms with Crippen LogP contribution in [0.2, 0.25) is 0 Å². The molecule has 0 aliphatic carbocycles. The molecule has 0 bridgehead atoms. The number of anilines is 1. The van der Waals surface area contributed by atoms with Crippen LogP contribution in [0.1, 0.15) is 18.2 Å². The average Bonchev–Trinajstić information content (AvgIpc) is 2.43. The molecule has 0 atom stereocenters. The van der Waals surface area contributed by atoms with Crippen molar-refractivity contribution in [2.45, 2.75) is 13.3 Å². The molecule has 19 heavy (non-hydrogen) atoms. The van der Waals surface area contributed by atoms with E-state index in [4.69, 9.17) is 15.7 Å². The van der Waals surface area contributed by atoms with Crippen LogP contribution in [-0.4, -0.2) is 9.97 Å². The molecule has 2 rings (SSSR count). The zero-order valence-electron chi connectivity index (χ0n) is 10.2. The Morgan fingerprint density at radius 1 is 1.42 bits per heavy atom. The van der Waals surface area contributed by atoms with Gasteiger partial charge in [-0.05, 0) is 24.6 Å². The van der Waals surface area contributed by atoms with Gasteiger partial charge < -0.3 is 10.5 Å². The van der Waals surface area contributed by atoms with E-state index in [9.17, 15) is 4.39 Å². The summed E-state index contributed by atoms with van der Waals surface area (Å²) in [6.07, 6.45) is 1.67. The smallest absolute Gasteiger partial charge is 0.259 e. The third kappa shape index (κ3) is 2.60. The van der Waals surface area contributed by atoms with E-state index in [1.165, 1.54) is 24.5 Å². The summed E-state index contributed by atoms with van der Waals surface area (Å²) in [5, 5.41) is 8.73. The number of nitrogens with zero attached hydrogens (tertiary/aromatic N) is 3. The fourth-order valence-corrected chi connectivity index (χ4v) is 1.52. The van der Waals surface area contributed by atoms with Gasteiger partial charge in [0.05, 0.1) is 23.0 Å². The van der Waals surface area contributed by atoms with Crippen LogP contribution in [0.5, 0.6) is 11.6 Å². The van der Waals surface area contributed by atoms with Gasteiger partial charge in [0.2, 0.25) is 5.82 Å². The van der Waals surface area contributed by atoms with Gasteiger partial charge in [0.1, 0.15) is 6.33 Å². The highest BCUT2D eigenvalue weighted by molar-refractivity contribution is 5.57. The lowest BCUT2D eigenvalue weighted by atomic mass is 10.2. The number of rotatable bonds is 3. The fourth-order valence-electron chi connectivity index (χ4n) is 1.52. The zero-order chi connectivity index (χ0) is 13.8. The van der Waals surface area contributed by atoms with Crippen molar-refractivity contribution in [3.63, 3.8) is 0 Å². The number of benzene rings is 1. The molecule has 0 saturated carbocycles. The van der Waals surface area contributed by atoms with Crippen LogP contribution < -0.4 is 10.5 Å². The van der Waals surface area contributed by atoms with Crippen LogP contribution in [0, 0.1) is 17.1 Å². The predicted molar refractivity (Wildman–Crippen MR) is 67.0 cm³/mol. The largest absolute Gasteiger partial charge is 0.434 e. The summed E-state index contributed by atoms with van der Waals surface area (Å²) < 4.78 is 19.2. The standard InChI is InChI=1S/C13H11FN4O/c1-2-10-12(14)13(18-7-17-10)19-11-4-3-8(6-15)5-9(11)16/h3-5,7H,2,16H2,1H3. The predicted octanol–water partition coefficient (Wildman–Crippen LogP) is 2.42. The van der Waals surface area contributed by atoms with Crippen molar-refractivity contribution in [1.29, 1.82) is 5.26 Å². The molecule has 0 radical (unpaired) electrons. The summed E-state index contributed by atoms with van der Waals surface area (Å²) in [7, 11) is 0. The molecule has 0 fully saturated rings. The van der Waals surface area contributed by atoms with Gasteiger partial charge in [-0.2, -0.15) is 14.6 Å². The molecule has 0 amide bonds. The molecule has 0 aliphatic rings. The molecule has 0 saturated heterocycles. The van der Waals surface area contributed by atoms with Crippen LogP contribution in [0.15, 0.2) is 24.5 Å². The fraction of sp³-hybridized carbons (Fsp3) is 0.154. The van der Waals surface area contributed by atoms with Gasteiger partial charge in [0.25, 0.3) is 5.88 Å². The van der Waals surface area contributed by atoms with E-state index >= 15 is 0 Å². The van der Waals surface area contributed by atoms with Crippen LogP contribution >= 0.6 is 0 Å². The zero-order valence-corrected chi connectivity index (χ0v) is 10.2. The monoisotopic (exact) mass is 258 g/mol. The van der Waals surface area contributed by atoms with Gasteiger partial charge in [-0.25, -0.2) is 4.98 Å². The summed E-state index contributed by atoms with van der Waals surface area (Å²) in [4.78, 5) is 7.55. The molecule has 6 heteroatoms. The van der Waals surface area contributed by atoms with Crippen molar-refractivity contribution < 1.29 is 9.13 Å². The van der Waals surface area contributed by atoms with Crippen LogP contribution in [-0.2, 0) is 6.42 Å². The molecule has 1 heterocycles. The minimum atomic E-state index is -0.603. The van der Waals surface area contributed by atoms with E-state index in [-0.39, 0.29) is 23.0 Å². The van der Waals surface area contributed by atoms with Gasteiger partial charge >= 0.3 is 0 Å². The van der Waals surface area contributed by atoms with Crippen molar-refractivity contribution in [3.05, 3.63) is 41.6 Å². The third-order valence-electron chi connectivity index (χ3n) is 2.51. The number of nitriles is 1. The molecule has 5 nitrogen and oxygen atoms in total. The van der Waals surface area contributed by atoms with Crippen molar-refractivity contribution in [1.82, 2.24) is 9.97 Å². The minimum absolute atomic E-state index is 0.178. The van der Waals surface area contributed by atoms with Gasteiger partial charge in [0, 0.05) is 0 Å². The molecular formula is C13H11FN4O. The number of aromatic nitrogens is 2. The maximum absolute atomic E-state index is 13.9. The molecule has 2 aromatic rings. The number of nitrogens with two attached hydrogens (primary N) is 1. The van der Waals surface area contributed by atoms with Gasteiger partial charge in [-0.1, -0.05) is 6.92 Å². The number of ether oxygens (including phenoxy) is 1. The second-order valence-electron chi connectivity index (χ2n) is 3.76. The quantitative estimate of drug-likeness (QED) is 0.854. The van der Waals surface area contributed by atoms with E-state index in [0.29, 0.717) is 12.0 Å². The van der Waals surface area contributed by atoms with E-state index < -0.39 is 5.82 Å². The van der Waals surface area contributed by atoms with Crippen molar-refractivity contribution in [2.75, 3.05) is 5.73 Å². The summed E-state index contributed by atoms with van der Waals surface area (Å²) in [6, 6.07) is 6.44. The van der Waals surface area contributed by atoms with Crippen LogP contribution in [0.4, 0.5) is 10.1 Å². The third-order valence-corrected chi connectivity index (χ3v) is 2.51. The maximum atomic E-state index is 13.9. The molecule has 96 valence electrons. The van der Waals surface area contributed by atoms with Crippen molar-refractivity contribution >= 4 is 5.69 Å². The minimum Gasteiger partial charge on any atom is -0.434 e. The first-order valence-electron chi connectivity index (χ1n) is 5.62. The lowest BCUT2D eigenvalue weighted by Crippen LogP contribution is -2.01. The van der Waals surface area contributed by atoms with Crippen molar-refractivity contribution in [3.8, 4) is 17.7 Å². The first-order chi connectivity index (χ1) is 9.15. The number of aryl methyl sites for hydroxylation is 1. The Hall–Kier alpha value is -2.68. The number of hydrogen-bond donors (Lipinski definition) is 1. The summed E-state index contributed by atoms with van der Waals surface area (Å²) in [6.45, 7) is 1.78. The van der Waals surface area contributed by atoms with Gasteiger partial charge in [0.15, 0.2) is 5.75 Å². The molecule has 0 aliphatic heterocycles. The Balaban J connectivity index is 2.34. The van der Waals surface area contributed by atoms with E-state index in [0.717, 1.165) is 0 Å². The summed E-state index contributed by atoms with van der Waals surface area (Å²) >= 11 is 0. The number of hydrogen-bond acceptors (Lipinski definition) is 5. The van der Waals surface area contributed by atoms with Crippen molar-refractivity contribution in [2.24, 2.45) is 0 Å². The summed E-state index contributed by atoms with van der Waals surface area (Å²) in [5.74, 6) is -0.532. The Bertz CT molecular complexity index is 652. The molecule has 2 N–H and O–H groups in total. The summed E-state index contributed by atoms with van der Waals surface area (Å²) in [5.41, 5.74) is 6.65. The van der Waals surface area contributed by atoms with Crippen LogP contribution in [0.3, 0.4) is 0 Å². The molecule has 0 spiro atoms. The molecular weight excluding hydrogens is 247 g/mol. The lowest BCUT2D eigenvalue weighted by molar-refractivity contribution is 0.417. The second kappa shape index (κ2) is 5.31. The van der Waals surface area contributed by atoms with Gasteiger partial charge in [-0.3, -0.25) is 0 Å². The van der Waals surface area contributed by atoms with Gasteiger partial charge in [-0.15, -0.1) is 0 Å². The Morgan fingerprint density at radius 3 is 2.84 bits per heavy atom.